The molecule has 2 N–H and O–H groups in total. The Labute approximate surface area is 209 Å². The van der Waals surface area contributed by atoms with E-state index in [4.69, 9.17) is 8.94 Å². The molecule has 0 spiro atoms. The Kier molecular flexibility index (Phi) is 6.30. The lowest BCUT2D eigenvalue weighted by molar-refractivity contribution is 0.430. The molecule has 182 valence electrons. The monoisotopic (exact) mass is 500 g/mol. The lowest BCUT2D eigenvalue weighted by atomic mass is 9.97. The number of oxazole rings is 1. The molecule has 0 saturated heterocycles. The van der Waals surface area contributed by atoms with Gasteiger partial charge in [-0.1, -0.05) is 47.6 Å². The number of rotatable bonds is 8. The molecule has 5 rings (SSSR count). The average molecular weight is 501 g/mol. The number of hydrogen-bond acceptors (Lipinski definition) is 7. The Morgan fingerprint density at radius 2 is 1.69 bits per heavy atom. The molecule has 0 aliphatic carbocycles. The Balaban J connectivity index is 1.57. The first kappa shape index (κ1) is 23.4. The van der Waals surface area contributed by atoms with Crippen molar-refractivity contribution in [1.29, 1.82) is 0 Å². The minimum absolute atomic E-state index is 0.104. The van der Waals surface area contributed by atoms with Crippen molar-refractivity contribution in [1.82, 2.24) is 10.1 Å². The minimum atomic E-state index is -3.97. The first-order valence-corrected chi connectivity index (χ1v) is 12.8. The molecule has 0 unspecified atom stereocenters. The number of nitrogens with zero attached hydrogens (tertiary/aromatic N) is 2. The molecule has 0 atom stereocenters. The smallest absolute Gasteiger partial charge is 0.264 e. The first-order chi connectivity index (χ1) is 17.4. The van der Waals surface area contributed by atoms with Gasteiger partial charge in [-0.25, -0.2) is 18.1 Å². The zero-order valence-electron chi connectivity index (χ0n) is 19.7. The minimum Gasteiger partial charge on any atom is -0.445 e. The summed E-state index contributed by atoms with van der Waals surface area (Å²) in [5.41, 5.74) is 5.20. The topological polar surface area (TPSA) is 110 Å². The van der Waals surface area contributed by atoms with Crippen LogP contribution in [0.15, 0.2) is 99.1 Å². The predicted molar refractivity (Wildman–Crippen MR) is 138 cm³/mol. The van der Waals surface area contributed by atoms with E-state index in [-0.39, 0.29) is 10.8 Å². The van der Waals surface area contributed by atoms with Crippen molar-refractivity contribution in [2.75, 3.05) is 10.0 Å². The molecule has 0 aliphatic heterocycles. The maximum Gasteiger partial charge on any atom is 0.264 e. The molecule has 2 heterocycles. The molecule has 0 bridgehead atoms. The second-order valence-electron chi connectivity index (χ2n) is 8.25. The number of nitrogens with one attached hydrogen (secondary N) is 2. The quantitative estimate of drug-likeness (QED) is 0.268. The largest absolute Gasteiger partial charge is 0.445 e. The van der Waals surface area contributed by atoms with Gasteiger partial charge in [0.2, 0.25) is 11.8 Å². The van der Waals surface area contributed by atoms with E-state index in [1.54, 1.807) is 38.2 Å². The highest BCUT2D eigenvalue weighted by molar-refractivity contribution is 7.92. The van der Waals surface area contributed by atoms with Crippen LogP contribution in [0.1, 0.15) is 16.8 Å². The van der Waals surface area contributed by atoms with Crippen molar-refractivity contribution in [3.05, 3.63) is 102 Å². The van der Waals surface area contributed by atoms with Gasteiger partial charge >= 0.3 is 0 Å². The molecule has 0 fully saturated rings. The summed E-state index contributed by atoms with van der Waals surface area (Å²) in [6.07, 6.45) is 3.11. The van der Waals surface area contributed by atoms with Crippen LogP contribution in [0.5, 0.6) is 0 Å². The van der Waals surface area contributed by atoms with Gasteiger partial charge in [0.15, 0.2) is 0 Å². The highest BCUT2D eigenvalue weighted by atomic mass is 32.2. The molecule has 8 nitrogen and oxygen atoms in total. The summed E-state index contributed by atoms with van der Waals surface area (Å²) in [5, 5.41) is 7.26. The van der Waals surface area contributed by atoms with E-state index < -0.39 is 10.0 Å². The lowest BCUT2D eigenvalue weighted by Gasteiger charge is -2.16. The van der Waals surface area contributed by atoms with E-state index in [2.05, 4.69) is 20.2 Å². The number of aryl methyl sites for hydroxylation is 1. The Bertz CT molecular complexity index is 1590. The number of anilines is 2. The van der Waals surface area contributed by atoms with E-state index in [0.29, 0.717) is 29.3 Å². The Morgan fingerprint density at radius 3 is 2.42 bits per heavy atom. The molecule has 9 heteroatoms. The molecule has 5 aromatic rings. The summed E-state index contributed by atoms with van der Waals surface area (Å²) in [6, 6.07) is 22.4. The average Bonchev–Trinajstić information content (AvgIpc) is 3.54. The summed E-state index contributed by atoms with van der Waals surface area (Å²) in [4.78, 5) is 4.38. The molecular formula is C27H24N4O4S. The number of para-hydroxylation sites is 1. The normalized spacial score (nSPS) is 11.4. The van der Waals surface area contributed by atoms with Gasteiger partial charge in [-0.2, -0.15) is 0 Å². The summed E-state index contributed by atoms with van der Waals surface area (Å²) >= 11 is 0. The molecule has 3 aromatic carbocycles. The third-order valence-electron chi connectivity index (χ3n) is 5.89. The van der Waals surface area contributed by atoms with Crippen LogP contribution in [0.2, 0.25) is 0 Å². The maximum atomic E-state index is 13.5. The van der Waals surface area contributed by atoms with Gasteiger partial charge in [0.05, 0.1) is 16.8 Å². The van der Waals surface area contributed by atoms with E-state index in [9.17, 15) is 8.42 Å². The fraction of sp³-hybridized carbons (Fsp3) is 0.111. The number of sulfonamides is 1. The summed E-state index contributed by atoms with van der Waals surface area (Å²) in [5.74, 6) is 0.591. The fourth-order valence-corrected chi connectivity index (χ4v) is 5.14. The van der Waals surface area contributed by atoms with Gasteiger partial charge < -0.3 is 14.3 Å². The molecule has 0 amide bonds. The Morgan fingerprint density at radius 1 is 0.917 bits per heavy atom. The van der Waals surface area contributed by atoms with Crippen molar-refractivity contribution in [2.45, 2.75) is 25.3 Å². The fourth-order valence-electron chi connectivity index (χ4n) is 3.87. The zero-order chi connectivity index (χ0) is 25.1. The molecular weight excluding hydrogens is 476 g/mol. The van der Waals surface area contributed by atoms with Crippen LogP contribution in [0.4, 0.5) is 11.6 Å². The third-order valence-corrected chi connectivity index (χ3v) is 7.28. The number of aromatic nitrogens is 2. The maximum absolute atomic E-state index is 13.5. The highest BCUT2D eigenvalue weighted by Gasteiger charge is 2.24. The van der Waals surface area contributed by atoms with Crippen LogP contribution < -0.4 is 10.0 Å². The molecule has 2 aromatic heterocycles. The number of hydrogen-bond donors (Lipinski definition) is 2. The Hall–Kier alpha value is -4.37. The SMILES string of the molecule is Cc1noc(NS(=O)(=O)c2ccccc2-c2ccc(-c3ncco3)cc2CNc2ccccc2)c1C. The van der Waals surface area contributed by atoms with Crippen molar-refractivity contribution in [3.63, 3.8) is 0 Å². The third kappa shape index (κ3) is 4.73. The lowest BCUT2D eigenvalue weighted by Crippen LogP contribution is -2.14. The van der Waals surface area contributed by atoms with Gasteiger partial charge in [0.1, 0.15) is 6.26 Å². The van der Waals surface area contributed by atoms with Crippen LogP contribution in [-0.4, -0.2) is 18.6 Å². The first-order valence-electron chi connectivity index (χ1n) is 11.3. The molecule has 36 heavy (non-hydrogen) atoms. The second-order valence-corrected chi connectivity index (χ2v) is 9.90. The van der Waals surface area contributed by atoms with Crippen molar-refractivity contribution in [3.8, 4) is 22.6 Å². The van der Waals surface area contributed by atoms with Gasteiger partial charge in [0.25, 0.3) is 10.0 Å². The van der Waals surface area contributed by atoms with E-state index in [0.717, 1.165) is 22.4 Å². The summed E-state index contributed by atoms with van der Waals surface area (Å²) < 4.78 is 40.2. The van der Waals surface area contributed by atoms with Gasteiger partial charge in [0, 0.05) is 28.9 Å². The van der Waals surface area contributed by atoms with Crippen LogP contribution in [0.25, 0.3) is 22.6 Å². The highest BCUT2D eigenvalue weighted by Crippen LogP contribution is 2.34. The molecule has 0 aliphatic rings. The van der Waals surface area contributed by atoms with E-state index in [1.807, 2.05) is 54.6 Å². The van der Waals surface area contributed by atoms with Crippen LogP contribution in [-0.2, 0) is 16.6 Å². The zero-order valence-corrected chi connectivity index (χ0v) is 20.5. The van der Waals surface area contributed by atoms with Crippen molar-refractivity contribution in [2.24, 2.45) is 0 Å². The van der Waals surface area contributed by atoms with Crippen molar-refractivity contribution >= 4 is 21.6 Å². The van der Waals surface area contributed by atoms with Crippen LogP contribution in [0, 0.1) is 13.8 Å². The van der Waals surface area contributed by atoms with E-state index in [1.165, 1.54) is 6.26 Å². The molecule has 0 saturated carbocycles. The van der Waals surface area contributed by atoms with Gasteiger partial charge in [-0.3, -0.25) is 0 Å². The van der Waals surface area contributed by atoms with Crippen LogP contribution in [0.3, 0.4) is 0 Å². The summed E-state index contributed by atoms with van der Waals surface area (Å²) in [7, 11) is -3.97. The second kappa shape index (κ2) is 9.71. The van der Waals surface area contributed by atoms with E-state index >= 15 is 0 Å². The molecule has 0 radical (unpaired) electrons. The standard InChI is InChI=1S/C27H24N4O4S/c1-18-19(2)30-35-26(18)31-36(32,33)25-11-7-6-10-24(25)23-13-12-20(27-28-14-15-34-27)16-21(23)17-29-22-8-4-3-5-9-22/h3-16,29,31H,17H2,1-2H3. The predicted octanol–water partition coefficient (Wildman–Crippen LogP) is 6.03. The van der Waals surface area contributed by atoms with Crippen LogP contribution >= 0.6 is 0 Å². The van der Waals surface area contributed by atoms with Crippen molar-refractivity contribution < 1.29 is 17.4 Å². The van der Waals surface area contributed by atoms with Gasteiger partial charge in [-0.15, -0.1) is 0 Å². The number of benzene rings is 3. The van der Waals surface area contributed by atoms with Gasteiger partial charge in [-0.05, 0) is 55.3 Å². The summed E-state index contributed by atoms with van der Waals surface area (Å²) in [6.45, 7) is 3.96.